The van der Waals surface area contributed by atoms with Gasteiger partial charge in [0, 0.05) is 22.5 Å². The van der Waals surface area contributed by atoms with E-state index in [0.717, 1.165) is 16.4 Å². The molecule has 0 unspecified atom stereocenters. The minimum atomic E-state index is -2.28. The lowest BCUT2D eigenvalue weighted by molar-refractivity contribution is 0.588. The highest BCUT2D eigenvalue weighted by Gasteiger charge is 2.36. The van der Waals surface area contributed by atoms with Crippen LogP contribution in [0.4, 0.5) is 0 Å². The first-order valence-electron chi connectivity index (χ1n) is 8.65. The van der Waals surface area contributed by atoms with Crippen LogP contribution in [-0.2, 0) is 9.98 Å². The van der Waals surface area contributed by atoms with Gasteiger partial charge in [0.2, 0.25) is 0 Å². The summed E-state index contributed by atoms with van der Waals surface area (Å²) in [5, 5.41) is 1.44. The molecule has 2 nitrogen and oxygen atoms in total. The summed E-state index contributed by atoms with van der Waals surface area (Å²) in [7, 11) is -2.28. The molecule has 0 radical (unpaired) electrons. The van der Waals surface area contributed by atoms with Crippen LogP contribution in [0.5, 0.6) is 0 Å². The second-order valence-corrected chi connectivity index (χ2v) is 11.4. The Morgan fingerprint density at radius 2 is 1.50 bits per heavy atom. The van der Waals surface area contributed by atoms with E-state index in [1.54, 1.807) is 0 Å². The highest BCUT2D eigenvalue weighted by atomic mass is 35.5. The summed E-state index contributed by atoms with van der Waals surface area (Å²) in [5.74, 6) is 0. The summed E-state index contributed by atoms with van der Waals surface area (Å²) in [4.78, 5) is 4.20. The van der Waals surface area contributed by atoms with Crippen LogP contribution in [0.2, 0.25) is 5.15 Å². The van der Waals surface area contributed by atoms with Gasteiger partial charge in [0.1, 0.15) is 12.3 Å². The zero-order chi connectivity index (χ0) is 18.7. The molecule has 0 bridgehead atoms. The second kappa shape index (κ2) is 5.81. The molecule has 0 fully saturated rings. The number of aromatic nitrogens is 1. The Morgan fingerprint density at radius 1 is 0.885 bits per heavy atom. The molecule has 0 N–H and O–H groups in total. The van der Waals surface area contributed by atoms with Gasteiger partial charge in [-0.1, -0.05) is 49.7 Å². The zero-order valence-corrected chi connectivity index (χ0v) is 17.0. The summed E-state index contributed by atoms with van der Waals surface area (Å²) in [6.45, 7) is 8.13. The van der Waals surface area contributed by atoms with Crippen molar-refractivity contribution in [2.75, 3.05) is 13.3 Å². The van der Waals surface area contributed by atoms with Crippen molar-refractivity contribution in [1.29, 1.82) is 0 Å². The molecule has 1 aromatic heterocycles. The Balaban J connectivity index is 1.87. The van der Waals surface area contributed by atoms with Crippen molar-refractivity contribution in [2.45, 2.75) is 19.3 Å². The molecule has 1 aliphatic rings. The first kappa shape index (κ1) is 17.5. The molecule has 4 heteroatoms. The van der Waals surface area contributed by atoms with Gasteiger partial charge in [-0.05, 0) is 65.4 Å². The van der Waals surface area contributed by atoms with E-state index in [-0.39, 0.29) is 5.41 Å². The highest BCUT2D eigenvalue weighted by molar-refractivity contribution is 7.70. The standard InChI is InChI=1S/C22H21ClNOP/c1-22(2)19-11-14(15-6-10-21(23)24-13-15)5-8-17(19)18-9-7-16(12-20(18)22)26(3,4)25/h5-13H,1-4H3. The molecule has 26 heavy (non-hydrogen) atoms. The van der Waals surface area contributed by atoms with Crippen molar-refractivity contribution in [1.82, 2.24) is 4.98 Å². The first-order chi connectivity index (χ1) is 12.2. The maximum Gasteiger partial charge on any atom is 0.129 e. The first-order valence-corrected chi connectivity index (χ1v) is 11.6. The van der Waals surface area contributed by atoms with E-state index < -0.39 is 7.14 Å². The summed E-state index contributed by atoms with van der Waals surface area (Å²) >= 11 is 5.92. The van der Waals surface area contributed by atoms with E-state index in [1.807, 2.05) is 37.7 Å². The number of fused-ring (bicyclic) bond motifs is 3. The zero-order valence-electron chi connectivity index (χ0n) is 15.4. The Bertz CT molecular complexity index is 1060. The molecular weight excluding hydrogens is 361 g/mol. The highest BCUT2D eigenvalue weighted by Crippen LogP contribution is 2.50. The van der Waals surface area contributed by atoms with Crippen molar-refractivity contribution < 1.29 is 4.57 Å². The topological polar surface area (TPSA) is 30.0 Å². The quantitative estimate of drug-likeness (QED) is 0.405. The smallest absolute Gasteiger partial charge is 0.129 e. The molecule has 1 heterocycles. The number of hydrogen-bond donors (Lipinski definition) is 0. The predicted octanol–water partition coefficient (Wildman–Crippen LogP) is 5.96. The van der Waals surface area contributed by atoms with Crippen molar-refractivity contribution in [3.05, 3.63) is 71.0 Å². The third-order valence-corrected chi connectivity index (χ3v) is 7.09. The summed E-state index contributed by atoms with van der Waals surface area (Å²) in [6, 6.07) is 16.7. The maximum atomic E-state index is 12.5. The third kappa shape index (κ3) is 2.73. The Morgan fingerprint density at radius 3 is 2.12 bits per heavy atom. The van der Waals surface area contributed by atoms with Gasteiger partial charge in [0.25, 0.3) is 0 Å². The van der Waals surface area contributed by atoms with Crippen molar-refractivity contribution in [2.24, 2.45) is 0 Å². The van der Waals surface area contributed by atoms with Crippen LogP contribution in [0.3, 0.4) is 0 Å². The fourth-order valence-corrected chi connectivity index (χ4v) is 4.77. The molecule has 132 valence electrons. The normalized spacial score (nSPS) is 14.8. The number of rotatable bonds is 2. The lowest BCUT2D eigenvalue weighted by atomic mass is 9.81. The number of hydrogen-bond acceptors (Lipinski definition) is 2. The molecule has 0 saturated carbocycles. The fraction of sp³-hybridized carbons (Fsp3) is 0.227. The second-order valence-electron chi connectivity index (χ2n) is 7.84. The van der Waals surface area contributed by atoms with Crippen molar-refractivity contribution in [3.63, 3.8) is 0 Å². The van der Waals surface area contributed by atoms with Crippen molar-refractivity contribution in [3.8, 4) is 22.3 Å². The molecule has 0 saturated heterocycles. The van der Waals surface area contributed by atoms with E-state index in [1.165, 1.54) is 22.3 Å². The van der Waals surface area contributed by atoms with Gasteiger partial charge >= 0.3 is 0 Å². The Kier molecular flexibility index (Phi) is 3.91. The monoisotopic (exact) mass is 381 g/mol. The van der Waals surface area contributed by atoms with Gasteiger partial charge in [-0.2, -0.15) is 0 Å². The van der Waals surface area contributed by atoms with Crippen LogP contribution in [0.25, 0.3) is 22.3 Å². The molecule has 2 aromatic carbocycles. The van der Waals surface area contributed by atoms with Crippen LogP contribution in [0, 0.1) is 0 Å². The average molecular weight is 382 g/mol. The van der Waals surface area contributed by atoms with E-state index in [2.05, 4.69) is 49.2 Å². The maximum absolute atomic E-state index is 12.5. The van der Waals surface area contributed by atoms with Crippen LogP contribution in [0.1, 0.15) is 25.0 Å². The lowest BCUT2D eigenvalue weighted by Crippen LogP contribution is -2.17. The van der Waals surface area contributed by atoms with Gasteiger partial charge in [-0.3, -0.25) is 0 Å². The van der Waals surface area contributed by atoms with Gasteiger partial charge in [-0.25, -0.2) is 4.98 Å². The molecule has 3 aromatic rings. The van der Waals surface area contributed by atoms with Gasteiger partial charge < -0.3 is 4.57 Å². The van der Waals surface area contributed by atoms with Crippen LogP contribution >= 0.6 is 18.7 Å². The SMILES string of the molecule is CC1(C)c2cc(-c3ccc(Cl)nc3)ccc2-c2ccc(P(C)(C)=O)cc21. The van der Waals surface area contributed by atoms with Crippen LogP contribution in [-0.4, -0.2) is 18.3 Å². The minimum absolute atomic E-state index is 0.133. The average Bonchev–Trinajstić information content (AvgIpc) is 2.82. The van der Waals surface area contributed by atoms with Gasteiger partial charge in [-0.15, -0.1) is 0 Å². The van der Waals surface area contributed by atoms with Gasteiger partial charge in [0.15, 0.2) is 0 Å². The fourth-order valence-electron chi connectivity index (χ4n) is 3.79. The van der Waals surface area contributed by atoms with E-state index in [0.29, 0.717) is 5.15 Å². The minimum Gasteiger partial charge on any atom is -0.319 e. The lowest BCUT2D eigenvalue weighted by Gasteiger charge is -2.23. The predicted molar refractivity (Wildman–Crippen MR) is 111 cm³/mol. The third-order valence-electron chi connectivity index (χ3n) is 5.34. The summed E-state index contributed by atoms with van der Waals surface area (Å²) in [6.07, 6.45) is 1.81. The van der Waals surface area contributed by atoms with Crippen LogP contribution < -0.4 is 5.30 Å². The van der Waals surface area contributed by atoms with E-state index in [4.69, 9.17) is 11.6 Å². The number of benzene rings is 2. The molecular formula is C22H21ClNOP. The molecule has 0 amide bonds. The van der Waals surface area contributed by atoms with Gasteiger partial charge in [0.05, 0.1) is 0 Å². The molecule has 0 atom stereocenters. The van der Waals surface area contributed by atoms with E-state index in [9.17, 15) is 4.57 Å². The number of nitrogens with zero attached hydrogens (tertiary/aromatic N) is 1. The molecule has 1 aliphatic carbocycles. The molecule has 0 spiro atoms. The summed E-state index contributed by atoms with van der Waals surface area (Å²) in [5.41, 5.74) is 7.08. The largest absolute Gasteiger partial charge is 0.319 e. The Labute approximate surface area is 159 Å². The molecule has 0 aliphatic heterocycles. The molecule has 4 rings (SSSR count). The van der Waals surface area contributed by atoms with E-state index >= 15 is 0 Å². The van der Waals surface area contributed by atoms with Crippen molar-refractivity contribution >= 4 is 24.0 Å². The van der Waals surface area contributed by atoms with Crippen LogP contribution in [0.15, 0.2) is 54.7 Å². The summed E-state index contributed by atoms with van der Waals surface area (Å²) < 4.78 is 12.5. The Hall–Kier alpha value is -1.89. The number of pyridine rings is 1. The number of halogens is 1.